The summed E-state index contributed by atoms with van der Waals surface area (Å²) in [6.45, 7) is 5.95. The third-order valence-electron chi connectivity index (χ3n) is 5.20. The van der Waals surface area contributed by atoms with Crippen LogP contribution < -0.4 is 4.90 Å². The number of aromatic nitrogens is 2. The summed E-state index contributed by atoms with van der Waals surface area (Å²) in [5.41, 5.74) is 2.24. The number of aliphatic hydroxyl groups is 1. The van der Waals surface area contributed by atoms with Crippen molar-refractivity contribution in [2.45, 2.75) is 32.7 Å². The van der Waals surface area contributed by atoms with Gasteiger partial charge in [-0.25, -0.2) is 0 Å². The maximum absolute atomic E-state index is 13.1. The van der Waals surface area contributed by atoms with Gasteiger partial charge in [0.1, 0.15) is 10.8 Å². The summed E-state index contributed by atoms with van der Waals surface area (Å²) in [6, 6.07) is 13.3. The summed E-state index contributed by atoms with van der Waals surface area (Å²) < 4.78 is 0. The molecule has 1 aliphatic rings. The Morgan fingerprint density at radius 2 is 1.71 bits per heavy atom. The fourth-order valence-electron chi connectivity index (χ4n) is 3.56. The van der Waals surface area contributed by atoms with E-state index in [-0.39, 0.29) is 11.3 Å². The van der Waals surface area contributed by atoms with Crippen LogP contribution in [0.2, 0.25) is 5.02 Å². The Bertz CT molecular complexity index is 1180. The van der Waals surface area contributed by atoms with E-state index >= 15 is 0 Å². The van der Waals surface area contributed by atoms with Crippen LogP contribution in [-0.2, 0) is 9.59 Å². The highest BCUT2D eigenvalue weighted by Gasteiger charge is 2.48. The molecule has 158 valence electrons. The number of benzene rings is 2. The number of carbonyl (C=O) groups excluding carboxylic acids is 2. The van der Waals surface area contributed by atoms with Gasteiger partial charge in [-0.2, -0.15) is 0 Å². The molecule has 2 heterocycles. The molecule has 8 heteroatoms. The number of anilines is 1. The second-order valence-corrected chi connectivity index (χ2v) is 9.20. The number of aliphatic hydroxyl groups excluding tert-OH is 1. The zero-order valence-electron chi connectivity index (χ0n) is 17.2. The molecule has 2 aromatic carbocycles. The van der Waals surface area contributed by atoms with Gasteiger partial charge in [-0.3, -0.25) is 14.5 Å². The van der Waals surface area contributed by atoms with Crippen molar-refractivity contribution in [3.63, 3.8) is 0 Å². The summed E-state index contributed by atoms with van der Waals surface area (Å²) in [5, 5.41) is 20.6. The van der Waals surface area contributed by atoms with Gasteiger partial charge >= 0.3 is 5.91 Å². The third kappa shape index (κ3) is 3.86. The zero-order valence-corrected chi connectivity index (χ0v) is 18.7. The minimum Gasteiger partial charge on any atom is -0.507 e. The number of nitrogens with zero attached hydrogens (tertiary/aromatic N) is 3. The number of rotatable bonds is 4. The largest absolute Gasteiger partial charge is 0.507 e. The van der Waals surface area contributed by atoms with Crippen LogP contribution in [0.1, 0.15) is 47.5 Å². The lowest BCUT2D eigenvalue weighted by atomic mass is 9.93. The predicted molar refractivity (Wildman–Crippen MR) is 121 cm³/mol. The Hall–Kier alpha value is -3.03. The summed E-state index contributed by atoms with van der Waals surface area (Å²) >= 11 is 7.18. The van der Waals surface area contributed by atoms with Gasteiger partial charge in [0.2, 0.25) is 5.13 Å². The zero-order chi connectivity index (χ0) is 22.3. The van der Waals surface area contributed by atoms with E-state index in [1.807, 2.05) is 24.3 Å². The van der Waals surface area contributed by atoms with Crippen LogP contribution in [0, 0.1) is 6.92 Å². The van der Waals surface area contributed by atoms with Crippen molar-refractivity contribution in [1.29, 1.82) is 0 Å². The van der Waals surface area contributed by atoms with Crippen LogP contribution in [0.3, 0.4) is 0 Å². The average Bonchev–Trinajstić information content (AvgIpc) is 3.29. The molecule has 1 unspecified atom stereocenters. The Labute approximate surface area is 188 Å². The molecular weight excluding hydrogens is 434 g/mol. The molecule has 31 heavy (non-hydrogen) atoms. The van der Waals surface area contributed by atoms with Crippen molar-refractivity contribution in [2.75, 3.05) is 4.90 Å². The van der Waals surface area contributed by atoms with E-state index in [4.69, 9.17) is 11.6 Å². The molecular formula is C23H20ClN3O3S. The van der Waals surface area contributed by atoms with Crippen LogP contribution in [0.5, 0.6) is 0 Å². The topological polar surface area (TPSA) is 83.4 Å². The van der Waals surface area contributed by atoms with Gasteiger partial charge in [-0.15, -0.1) is 10.2 Å². The first-order valence-corrected chi connectivity index (χ1v) is 10.9. The number of hydrogen-bond acceptors (Lipinski definition) is 6. The number of ketones is 1. The van der Waals surface area contributed by atoms with Crippen molar-refractivity contribution in [1.82, 2.24) is 10.2 Å². The van der Waals surface area contributed by atoms with Gasteiger partial charge in [0.15, 0.2) is 0 Å². The maximum atomic E-state index is 13.1. The van der Waals surface area contributed by atoms with Crippen molar-refractivity contribution >= 4 is 45.5 Å². The van der Waals surface area contributed by atoms with Crippen molar-refractivity contribution in [2.24, 2.45) is 0 Å². The van der Waals surface area contributed by atoms with E-state index in [1.165, 1.54) is 16.2 Å². The quantitative estimate of drug-likeness (QED) is 0.331. The molecule has 4 rings (SSSR count). The van der Waals surface area contributed by atoms with E-state index < -0.39 is 17.7 Å². The molecule has 1 atom stereocenters. The number of carbonyl (C=O) groups is 2. The third-order valence-corrected chi connectivity index (χ3v) is 6.29. The molecule has 1 saturated heterocycles. The predicted octanol–water partition coefficient (Wildman–Crippen LogP) is 5.25. The van der Waals surface area contributed by atoms with Gasteiger partial charge in [-0.1, -0.05) is 61.1 Å². The van der Waals surface area contributed by atoms with Gasteiger partial charge < -0.3 is 5.11 Å². The van der Waals surface area contributed by atoms with Gasteiger partial charge in [0, 0.05) is 10.6 Å². The summed E-state index contributed by atoms with van der Waals surface area (Å²) in [4.78, 5) is 27.4. The number of halogens is 1. The number of amides is 1. The number of Topliss-reactive ketones (excluding diaryl/α,β-unsaturated/α-hetero) is 1. The highest BCUT2D eigenvalue weighted by atomic mass is 35.5. The smallest absolute Gasteiger partial charge is 0.301 e. The Morgan fingerprint density at radius 1 is 1.06 bits per heavy atom. The standard InChI is InChI=1S/C23H20ClN3O3S/c1-12(2)14-4-6-15(7-5-14)19-18(20(28)16-8-10-17(24)11-9-16)21(29)22(30)27(19)23-26-25-13(3)31-23/h4-12,19,28H,1-3H3. The lowest BCUT2D eigenvalue weighted by Crippen LogP contribution is -2.29. The summed E-state index contributed by atoms with van der Waals surface area (Å²) in [5.74, 6) is -1.43. The molecule has 0 saturated carbocycles. The minimum absolute atomic E-state index is 0.0115. The van der Waals surface area contributed by atoms with Crippen molar-refractivity contribution in [3.8, 4) is 0 Å². The second kappa shape index (κ2) is 8.24. The average molecular weight is 454 g/mol. The van der Waals surface area contributed by atoms with Crippen molar-refractivity contribution in [3.05, 3.63) is 80.8 Å². The van der Waals surface area contributed by atoms with E-state index in [1.54, 1.807) is 31.2 Å². The lowest BCUT2D eigenvalue weighted by Gasteiger charge is -2.23. The van der Waals surface area contributed by atoms with Crippen molar-refractivity contribution < 1.29 is 14.7 Å². The number of aryl methyl sites for hydroxylation is 1. The molecule has 0 radical (unpaired) electrons. The van der Waals surface area contributed by atoms with Crippen LogP contribution in [0.15, 0.2) is 54.1 Å². The van der Waals surface area contributed by atoms with E-state index in [9.17, 15) is 14.7 Å². The lowest BCUT2D eigenvalue weighted by molar-refractivity contribution is -0.132. The van der Waals surface area contributed by atoms with E-state index in [2.05, 4.69) is 24.0 Å². The Kier molecular flexibility index (Phi) is 5.64. The van der Waals surface area contributed by atoms with Crippen LogP contribution in [0.25, 0.3) is 5.76 Å². The molecule has 6 nitrogen and oxygen atoms in total. The number of hydrogen-bond donors (Lipinski definition) is 1. The highest BCUT2D eigenvalue weighted by molar-refractivity contribution is 7.15. The fourth-order valence-corrected chi connectivity index (χ4v) is 4.40. The molecule has 0 aliphatic carbocycles. The summed E-state index contributed by atoms with van der Waals surface area (Å²) in [7, 11) is 0. The first kappa shape index (κ1) is 21.2. The van der Waals surface area contributed by atoms with E-state index in [0.717, 1.165) is 5.56 Å². The minimum atomic E-state index is -0.816. The second-order valence-electron chi connectivity index (χ2n) is 7.60. The SMILES string of the molecule is Cc1nnc(N2C(=O)C(=O)C(=C(O)c3ccc(Cl)cc3)C2c2ccc(C(C)C)cc2)s1. The first-order chi connectivity index (χ1) is 14.8. The molecule has 3 aromatic rings. The summed E-state index contributed by atoms with van der Waals surface area (Å²) in [6.07, 6.45) is 0. The van der Waals surface area contributed by atoms with Crippen LogP contribution in [-0.4, -0.2) is 27.0 Å². The monoisotopic (exact) mass is 453 g/mol. The molecule has 1 amide bonds. The van der Waals surface area contributed by atoms with E-state index in [0.29, 0.717) is 32.2 Å². The van der Waals surface area contributed by atoms with Gasteiger partial charge in [0.05, 0.1) is 11.6 Å². The first-order valence-electron chi connectivity index (χ1n) is 9.75. The van der Waals surface area contributed by atoms with Gasteiger partial charge in [0.25, 0.3) is 5.78 Å². The highest BCUT2D eigenvalue weighted by Crippen LogP contribution is 2.43. The molecule has 1 aromatic heterocycles. The normalized spacial score (nSPS) is 18.2. The molecule has 1 fully saturated rings. The van der Waals surface area contributed by atoms with Crippen LogP contribution in [0.4, 0.5) is 5.13 Å². The molecule has 1 aliphatic heterocycles. The Balaban J connectivity index is 1.91. The molecule has 0 spiro atoms. The Morgan fingerprint density at radius 3 is 2.26 bits per heavy atom. The molecule has 1 N–H and O–H groups in total. The van der Waals surface area contributed by atoms with Crippen LogP contribution >= 0.6 is 22.9 Å². The van der Waals surface area contributed by atoms with Gasteiger partial charge in [-0.05, 0) is 48.2 Å². The fraction of sp³-hybridized carbons (Fsp3) is 0.217. The maximum Gasteiger partial charge on any atom is 0.301 e. The molecule has 0 bridgehead atoms.